The average molecular weight is 354 g/mol. The molecule has 2 aliphatic rings. The van der Waals surface area contributed by atoms with Crippen LogP contribution in [0.2, 0.25) is 0 Å². The van der Waals surface area contributed by atoms with Gasteiger partial charge in [0.2, 0.25) is 5.91 Å². The minimum absolute atomic E-state index is 0.142. The standard InChI is InChI=1S/C20H23FN4O/c1-12-5-6-17(21)16-8-18(25-19(12)16)20(26)24-15-4-2-3-13(7-15)14-9-22-11-23-10-14/h2-7,14,18,22-23,25H,8-11H2,1H3,(H,24,26). The van der Waals surface area contributed by atoms with E-state index >= 15 is 0 Å². The van der Waals surface area contributed by atoms with Gasteiger partial charge in [-0.3, -0.25) is 4.79 Å². The Morgan fingerprint density at radius 3 is 2.77 bits per heavy atom. The maximum atomic E-state index is 14.0. The van der Waals surface area contributed by atoms with E-state index in [1.807, 2.05) is 25.1 Å². The number of benzene rings is 2. The average Bonchev–Trinajstić information content (AvgIpc) is 3.13. The van der Waals surface area contributed by atoms with Crippen molar-refractivity contribution in [3.05, 3.63) is 58.9 Å². The molecule has 0 bridgehead atoms. The van der Waals surface area contributed by atoms with Crippen molar-refractivity contribution in [1.29, 1.82) is 0 Å². The number of amides is 1. The number of carbonyl (C=O) groups excluding carboxylic acids is 1. The quantitative estimate of drug-likeness (QED) is 0.683. The number of fused-ring (bicyclic) bond motifs is 1. The molecule has 0 aliphatic carbocycles. The molecule has 26 heavy (non-hydrogen) atoms. The zero-order chi connectivity index (χ0) is 18.1. The van der Waals surface area contributed by atoms with Gasteiger partial charge in [0.05, 0.1) is 0 Å². The van der Waals surface area contributed by atoms with Crippen molar-refractivity contribution in [1.82, 2.24) is 10.6 Å². The summed E-state index contributed by atoms with van der Waals surface area (Å²) in [5, 5.41) is 12.8. The summed E-state index contributed by atoms with van der Waals surface area (Å²) in [7, 11) is 0. The predicted molar refractivity (Wildman–Crippen MR) is 101 cm³/mol. The van der Waals surface area contributed by atoms with Crippen LogP contribution in [0.5, 0.6) is 0 Å². The fourth-order valence-corrected chi connectivity index (χ4v) is 3.72. The molecule has 0 radical (unpaired) electrons. The third-order valence-corrected chi connectivity index (χ3v) is 5.16. The number of hydrogen-bond acceptors (Lipinski definition) is 4. The van der Waals surface area contributed by atoms with Gasteiger partial charge in [0, 0.05) is 49.0 Å². The van der Waals surface area contributed by atoms with Crippen molar-refractivity contribution in [2.24, 2.45) is 0 Å². The highest BCUT2D eigenvalue weighted by atomic mass is 19.1. The zero-order valence-electron chi connectivity index (χ0n) is 14.7. The van der Waals surface area contributed by atoms with Crippen LogP contribution in [0.3, 0.4) is 0 Å². The molecular formula is C20H23FN4O. The highest BCUT2D eigenvalue weighted by Crippen LogP contribution is 2.32. The van der Waals surface area contributed by atoms with Crippen molar-refractivity contribution in [3.8, 4) is 0 Å². The highest BCUT2D eigenvalue weighted by Gasteiger charge is 2.30. The smallest absolute Gasteiger partial charge is 0.247 e. The lowest BCUT2D eigenvalue weighted by Gasteiger charge is -2.24. The van der Waals surface area contributed by atoms with Gasteiger partial charge in [-0.2, -0.15) is 0 Å². The number of rotatable bonds is 3. The molecule has 2 heterocycles. The monoisotopic (exact) mass is 354 g/mol. The van der Waals surface area contributed by atoms with Gasteiger partial charge in [0.25, 0.3) is 0 Å². The molecule has 0 aromatic heterocycles. The predicted octanol–water partition coefficient (Wildman–Crippen LogP) is 2.34. The Morgan fingerprint density at radius 1 is 1.19 bits per heavy atom. The minimum atomic E-state index is -0.456. The summed E-state index contributed by atoms with van der Waals surface area (Å²) in [4.78, 5) is 12.7. The normalized spacial score (nSPS) is 19.7. The highest BCUT2D eigenvalue weighted by molar-refractivity contribution is 5.98. The van der Waals surface area contributed by atoms with E-state index in [2.05, 4.69) is 27.3 Å². The van der Waals surface area contributed by atoms with Crippen LogP contribution in [0.25, 0.3) is 0 Å². The molecule has 1 unspecified atom stereocenters. The molecule has 2 aromatic rings. The van der Waals surface area contributed by atoms with Crippen LogP contribution in [0.15, 0.2) is 36.4 Å². The molecule has 1 amide bonds. The van der Waals surface area contributed by atoms with Crippen LogP contribution in [-0.4, -0.2) is 31.7 Å². The van der Waals surface area contributed by atoms with Crippen molar-refractivity contribution in [3.63, 3.8) is 0 Å². The van der Waals surface area contributed by atoms with Gasteiger partial charge in [0.15, 0.2) is 0 Å². The van der Waals surface area contributed by atoms with Crippen LogP contribution >= 0.6 is 0 Å². The summed E-state index contributed by atoms with van der Waals surface area (Å²) in [5.41, 5.74) is 4.26. The van der Waals surface area contributed by atoms with Crippen molar-refractivity contribution >= 4 is 17.3 Å². The molecule has 136 valence electrons. The molecule has 0 spiro atoms. The fraction of sp³-hybridized carbons (Fsp3) is 0.350. The van der Waals surface area contributed by atoms with E-state index in [9.17, 15) is 9.18 Å². The molecule has 6 heteroatoms. The lowest BCUT2D eigenvalue weighted by molar-refractivity contribution is -0.116. The first kappa shape index (κ1) is 17.0. The Hall–Kier alpha value is -2.44. The number of aryl methyl sites for hydroxylation is 1. The van der Waals surface area contributed by atoms with Crippen LogP contribution in [0, 0.1) is 12.7 Å². The van der Waals surface area contributed by atoms with E-state index in [1.54, 1.807) is 6.07 Å². The third-order valence-electron chi connectivity index (χ3n) is 5.16. The van der Waals surface area contributed by atoms with E-state index in [1.165, 1.54) is 11.6 Å². The summed E-state index contributed by atoms with van der Waals surface area (Å²) in [6.07, 6.45) is 0.366. The second-order valence-electron chi connectivity index (χ2n) is 7.02. The van der Waals surface area contributed by atoms with Crippen LogP contribution < -0.4 is 21.3 Å². The first-order valence-corrected chi connectivity index (χ1v) is 8.98. The summed E-state index contributed by atoms with van der Waals surface area (Å²) in [6, 6.07) is 10.7. The van der Waals surface area contributed by atoms with Crippen molar-refractivity contribution < 1.29 is 9.18 Å². The van der Waals surface area contributed by atoms with Gasteiger partial charge in [-0.25, -0.2) is 4.39 Å². The summed E-state index contributed by atoms with van der Waals surface area (Å²) in [5.74, 6) is -0.0176. The van der Waals surface area contributed by atoms with E-state index in [0.29, 0.717) is 17.9 Å². The van der Waals surface area contributed by atoms with Gasteiger partial charge in [-0.05, 0) is 36.2 Å². The lowest BCUT2D eigenvalue weighted by Crippen LogP contribution is -2.42. The molecule has 1 saturated heterocycles. The van der Waals surface area contributed by atoms with Crippen LogP contribution in [0.4, 0.5) is 15.8 Å². The first-order valence-electron chi connectivity index (χ1n) is 8.98. The maximum Gasteiger partial charge on any atom is 0.247 e. The van der Waals surface area contributed by atoms with Crippen LogP contribution in [-0.2, 0) is 11.2 Å². The van der Waals surface area contributed by atoms with E-state index in [-0.39, 0.29) is 11.7 Å². The number of nitrogens with one attached hydrogen (secondary N) is 4. The van der Waals surface area contributed by atoms with Gasteiger partial charge in [-0.1, -0.05) is 18.2 Å². The third kappa shape index (κ3) is 3.30. The summed E-state index contributed by atoms with van der Waals surface area (Å²) < 4.78 is 14.0. The second kappa shape index (κ2) is 7.05. The fourth-order valence-electron chi connectivity index (χ4n) is 3.72. The number of hydrogen-bond donors (Lipinski definition) is 4. The second-order valence-corrected chi connectivity index (χ2v) is 7.02. The Bertz CT molecular complexity index is 802. The number of carbonyl (C=O) groups is 1. The van der Waals surface area contributed by atoms with E-state index < -0.39 is 6.04 Å². The summed E-state index contributed by atoms with van der Waals surface area (Å²) in [6.45, 7) is 4.59. The molecule has 0 saturated carbocycles. The minimum Gasteiger partial charge on any atom is -0.373 e. The van der Waals surface area contributed by atoms with Gasteiger partial charge >= 0.3 is 0 Å². The molecule has 5 nitrogen and oxygen atoms in total. The largest absolute Gasteiger partial charge is 0.373 e. The Kier molecular flexibility index (Phi) is 4.61. The Balaban J connectivity index is 1.46. The van der Waals surface area contributed by atoms with E-state index in [0.717, 1.165) is 36.7 Å². The molecule has 1 fully saturated rings. The SMILES string of the molecule is Cc1ccc(F)c2c1NC(C(=O)Nc1cccc(C3CNCNC3)c1)C2. The zero-order valence-corrected chi connectivity index (χ0v) is 14.7. The first-order chi connectivity index (χ1) is 12.6. The molecule has 2 aromatic carbocycles. The van der Waals surface area contributed by atoms with Crippen molar-refractivity contribution in [2.75, 3.05) is 30.4 Å². The summed E-state index contributed by atoms with van der Waals surface area (Å²) >= 11 is 0. The van der Waals surface area contributed by atoms with E-state index in [4.69, 9.17) is 0 Å². The van der Waals surface area contributed by atoms with Crippen molar-refractivity contribution in [2.45, 2.75) is 25.3 Å². The Morgan fingerprint density at radius 2 is 2.00 bits per heavy atom. The lowest BCUT2D eigenvalue weighted by atomic mass is 9.97. The molecular weight excluding hydrogens is 331 g/mol. The number of halogens is 1. The Labute approximate surface area is 152 Å². The molecule has 1 atom stereocenters. The molecule has 4 rings (SSSR count). The number of anilines is 2. The van der Waals surface area contributed by atoms with Gasteiger partial charge < -0.3 is 21.3 Å². The maximum absolute atomic E-state index is 14.0. The van der Waals surface area contributed by atoms with Crippen LogP contribution in [0.1, 0.15) is 22.6 Å². The van der Waals surface area contributed by atoms with Gasteiger partial charge in [-0.15, -0.1) is 0 Å². The molecule has 4 N–H and O–H groups in total. The molecule has 2 aliphatic heterocycles. The van der Waals surface area contributed by atoms with Gasteiger partial charge in [0.1, 0.15) is 11.9 Å². The topological polar surface area (TPSA) is 65.2 Å².